The lowest BCUT2D eigenvalue weighted by molar-refractivity contribution is 0.103. The molecule has 2 aromatic rings. The van der Waals surface area contributed by atoms with Gasteiger partial charge in [-0.05, 0) is 47.7 Å². The molecular weight excluding hydrogens is 354 g/mol. The molecule has 2 rings (SSSR count). The van der Waals surface area contributed by atoms with Crippen molar-refractivity contribution in [2.45, 2.75) is 6.92 Å². The van der Waals surface area contributed by atoms with E-state index >= 15 is 0 Å². The zero-order chi connectivity index (χ0) is 12.4. The number of hydrogen-bond donors (Lipinski definition) is 1. The van der Waals surface area contributed by atoms with Gasteiger partial charge in [-0.25, -0.2) is 9.37 Å². The maximum Gasteiger partial charge on any atom is 0.267 e. The molecule has 1 amide bonds. The van der Waals surface area contributed by atoms with Gasteiger partial charge < -0.3 is 5.32 Å². The van der Waals surface area contributed by atoms with Crippen molar-refractivity contribution in [2.75, 3.05) is 5.32 Å². The number of amides is 1. The molecular formula is C11H8FIN2OS. The first-order chi connectivity index (χ1) is 8.06. The molecule has 1 heterocycles. The number of rotatable bonds is 2. The largest absolute Gasteiger partial charge is 0.320 e. The summed E-state index contributed by atoms with van der Waals surface area (Å²) in [5, 5.41) is 3.56. The molecule has 17 heavy (non-hydrogen) atoms. The van der Waals surface area contributed by atoms with Crippen LogP contribution in [0.1, 0.15) is 14.7 Å². The smallest absolute Gasteiger partial charge is 0.267 e. The summed E-state index contributed by atoms with van der Waals surface area (Å²) in [6.07, 6.45) is 1.53. The van der Waals surface area contributed by atoms with Crippen LogP contribution in [-0.4, -0.2) is 10.9 Å². The average Bonchev–Trinajstić information content (AvgIpc) is 2.69. The van der Waals surface area contributed by atoms with E-state index in [-0.39, 0.29) is 11.7 Å². The van der Waals surface area contributed by atoms with E-state index in [0.717, 1.165) is 5.01 Å². The molecule has 0 fully saturated rings. The third-order valence-electron chi connectivity index (χ3n) is 2.02. The van der Waals surface area contributed by atoms with Gasteiger partial charge >= 0.3 is 0 Å². The maximum atomic E-state index is 12.9. The van der Waals surface area contributed by atoms with Crippen molar-refractivity contribution >= 4 is 45.5 Å². The van der Waals surface area contributed by atoms with E-state index in [1.165, 1.54) is 29.7 Å². The van der Waals surface area contributed by atoms with Crippen molar-refractivity contribution in [3.63, 3.8) is 0 Å². The second kappa shape index (κ2) is 5.09. The lowest BCUT2D eigenvalue weighted by Gasteiger charge is -2.05. The second-order valence-corrected chi connectivity index (χ2v) is 5.72. The topological polar surface area (TPSA) is 42.0 Å². The molecule has 6 heteroatoms. The van der Waals surface area contributed by atoms with Crippen molar-refractivity contribution in [2.24, 2.45) is 0 Å². The number of hydrogen-bond acceptors (Lipinski definition) is 3. The number of nitrogens with one attached hydrogen (secondary N) is 1. The van der Waals surface area contributed by atoms with Crippen LogP contribution in [0.15, 0.2) is 24.4 Å². The summed E-state index contributed by atoms with van der Waals surface area (Å²) in [7, 11) is 0. The van der Waals surface area contributed by atoms with Crippen LogP contribution in [0, 0.1) is 16.3 Å². The van der Waals surface area contributed by atoms with E-state index in [9.17, 15) is 9.18 Å². The van der Waals surface area contributed by atoms with E-state index in [0.29, 0.717) is 14.1 Å². The van der Waals surface area contributed by atoms with Crippen LogP contribution in [0.4, 0.5) is 10.1 Å². The third kappa shape index (κ3) is 3.01. The Kier molecular flexibility index (Phi) is 3.72. The summed E-state index contributed by atoms with van der Waals surface area (Å²) >= 11 is 3.30. The van der Waals surface area contributed by atoms with Gasteiger partial charge in [0.25, 0.3) is 5.91 Å². The van der Waals surface area contributed by atoms with Crippen LogP contribution in [0.2, 0.25) is 0 Å². The molecule has 3 nitrogen and oxygen atoms in total. The van der Waals surface area contributed by atoms with Crippen molar-refractivity contribution in [3.8, 4) is 0 Å². The Labute approximate surface area is 115 Å². The molecule has 0 aliphatic carbocycles. The normalized spacial score (nSPS) is 10.3. The molecule has 0 bridgehead atoms. The molecule has 0 radical (unpaired) electrons. The van der Waals surface area contributed by atoms with Gasteiger partial charge in [0.15, 0.2) is 0 Å². The number of thiazole rings is 1. The number of aromatic nitrogens is 1. The van der Waals surface area contributed by atoms with E-state index in [1.54, 1.807) is 6.07 Å². The minimum Gasteiger partial charge on any atom is -0.320 e. The van der Waals surface area contributed by atoms with Gasteiger partial charge in [-0.2, -0.15) is 0 Å². The van der Waals surface area contributed by atoms with E-state index in [1.807, 2.05) is 29.5 Å². The van der Waals surface area contributed by atoms with E-state index in [4.69, 9.17) is 0 Å². The Balaban J connectivity index is 2.18. The predicted molar refractivity (Wildman–Crippen MR) is 73.9 cm³/mol. The molecule has 1 N–H and O–H groups in total. The molecule has 1 aromatic heterocycles. The Bertz CT molecular complexity index is 570. The van der Waals surface area contributed by atoms with Gasteiger partial charge in [0, 0.05) is 3.57 Å². The Morgan fingerprint density at radius 1 is 1.53 bits per heavy atom. The third-order valence-corrected chi connectivity index (χ3v) is 3.83. The summed E-state index contributed by atoms with van der Waals surface area (Å²) in [5.41, 5.74) is 0.600. The van der Waals surface area contributed by atoms with Gasteiger partial charge in [0.1, 0.15) is 10.7 Å². The van der Waals surface area contributed by atoms with E-state index < -0.39 is 0 Å². The lowest BCUT2D eigenvalue weighted by atomic mass is 10.3. The lowest BCUT2D eigenvalue weighted by Crippen LogP contribution is -2.11. The highest BCUT2D eigenvalue weighted by Crippen LogP contribution is 2.21. The summed E-state index contributed by atoms with van der Waals surface area (Å²) in [6.45, 7) is 1.84. The highest BCUT2D eigenvalue weighted by atomic mass is 127. The SMILES string of the molecule is Cc1ncc(C(=O)Nc2ccc(F)cc2I)s1. The van der Waals surface area contributed by atoms with Crippen LogP contribution < -0.4 is 5.32 Å². The highest BCUT2D eigenvalue weighted by molar-refractivity contribution is 14.1. The minimum absolute atomic E-state index is 0.222. The summed E-state index contributed by atoms with van der Waals surface area (Å²) in [4.78, 5) is 16.4. The van der Waals surface area contributed by atoms with Gasteiger partial charge in [-0.15, -0.1) is 11.3 Å². The zero-order valence-electron chi connectivity index (χ0n) is 8.83. The predicted octanol–water partition coefficient (Wildman–Crippen LogP) is 3.45. The molecule has 1 aromatic carbocycles. The number of anilines is 1. The fourth-order valence-electron chi connectivity index (χ4n) is 1.24. The maximum absolute atomic E-state index is 12.9. The standard InChI is InChI=1S/C11H8FIN2OS/c1-6-14-5-10(17-6)11(16)15-9-3-2-7(12)4-8(9)13/h2-5H,1H3,(H,15,16). The number of carbonyl (C=O) groups is 1. The molecule has 0 aliphatic heterocycles. The van der Waals surface area contributed by atoms with Crippen molar-refractivity contribution in [1.29, 1.82) is 0 Å². The van der Waals surface area contributed by atoms with Gasteiger partial charge in [0.05, 0.1) is 16.9 Å². The molecule has 0 saturated carbocycles. The summed E-state index contributed by atoms with van der Waals surface area (Å²) in [6, 6.07) is 4.23. The first-order valence-corrected chi connectivity index (χ1v) is 6.64. The number of halogens is 2. The van der Waals surface area contributed by atoms with Crippen LogP contribution in [0.25, 0.3) is 0 Å². The highest BCUT2D eigenvalue weighted by Gasteiger charge is 2.11. The summed E-state index contributed by atoms with van der Waals surface area (Å²) in [5.74, 6) is -0.541. The second-order valence-electron chi connectivity index (χ2n) is 3.32. The van der Waals surface area contributed by atoms with Gasteiger partial charge in [0.2, 0.25) is 0 Å². The molecule has 0 saturated heterocycles. The van der Waals surface area contributed by atoms with E-state index in [2.05, 4.69) is 10.3 Å². The molecule has 0 unspecified atom stereocenters. The Hall–Kier alpha value is -1.02. The van der Waals surface area contributed by atoms with Gasteiger partial charge in [-0.1, -0.05) is 0 Å². The fraction of sp³-hybridized carbons (Fsp3) is 0.0909. The Morgan fingerprint density at radius 2 is 2.29 bits per heavy atom. The van der Waals surface area contributed by atoms with Gasteiger partial charge in [-0.3, -0.25) is 4.79 Å². The zero-order valence-corrected chi connectivity index (χ0v) is 11.8. The number of carbonyl (C=O) groups excluding carboxylic acids is 1. The number of aryl methyl sites for hydroxylation is 1. The summed E-state index contributed by atoms with van der Waals surface area (Å²) < 4.78 is 13.5. The van der Waals surface area contributed by atoms with Crippen LogP contribution in [0.5, 0.6) is 0 Å². The van der Waals surface area contributed by atoms with Crippen LogP contribution in [-0.2, 0) is 0 Å². The minimum atomic E-state index is -0.318. The quantitative estimate of drug-likeness (QED) is 0.832. The molecule has 0 aliphatic rings. The molecule has 0 spiro atoms. The fourth-order valence-corrected chi connectivity index (χ4v) is 2.53. The molecule has 0 atom stereocenters. The average molecular weight is 362 g/mol. The monoisotopic (exact) mass is 362 g/mol. The van der Waals surface area contributed by atoms with Crippen molar-refractivity contribution < 1.29 is 9.18 Å². The van der Waals surface area contributed by atoms with Crippen molar-refractivity contribution in [3.05, 3.63) is 43.7 Å². The van der Waals surface area contributed by atoms with Crippen molar-refractivity contribution in [1.82, 2.24) is 4.98 Å². The van der Waals surface area contributed by atoms with Crippen LogP contribution in [0.3, 0.4) is 0 Å². The van der Waals surface area contributed by atoms with Crippen LogP contribution >= 0.6 is 33.9 Å². The number of benzene rings is 1. The first-order valence-electron chi connectivity index (χ1n) is 4.75. The first kappa shape index (κ1) is 12.4. The number of nitrogens with zero attached hydrogens (tertiary/aromatic N) is 1. The molecule has 88 valence electrons. The Morgan fingerprint density at radius 3 is 2.88 bits per heavy atom.